The minimum Gasteiger partial charge on any atom is -0.384 e. The van der Waals surface area contributed by atoms with E-state index in [2.05, 4.69) is 21.7 Å². The number of hydrogen-bond donors (Lipinski definition) is 3. The largest absolute Gasteiger partial charge is 0.384 e. The molecule has 186 valence electrons. The summed E-state index contributed by atoms with van der Waals surface area (Å²) in [6, 6.07) is 10.1. The maximum absolute atomic E-state index is 11.6. The molecule has 3 N–H and O–H groups in total. The summed E-state index contributed by atoms with van der Waals surface area (Å²) in [7, 11) is 0. The maximum Gasteiger partial charge on any atom is 0.248 e. The van der Waals surface area contributed by atoms with Crippen molar-refractivity contribution < 1.29 is 0 Å². The zero-order valence-electron chi connectivity index (χ0n) is 20.6. The van der Waals surface area contributed by atoms with Crippen LogP contribution in [0.15, 0.2) is 35.1 Å². The summed E-state index contributed by atoms with van der Waals surface area (Å²) >= 11 is 6.25. The molecule has 5 rings (SSSR count). The monoisotopic (exact) mass is 492 g/mol. The number of hydrogen-bond acceptors (Lipinski definition) is 4. The predicted octanol–water partition coefficient (Wildman–Crippen LogP) is 6.48. The summed E-state index contributed by atoms with van der Waals surface area (Å²) in [5.74, 6) is 0. The number of anilines is 1. The van der Waals surface area contributed by atoms with Crippen LogP contribution in [0.1, 0.15) is 86.3 Å². The minimum absolute atomic E-state index is 0.0142. The van der Waals surface area contributed by atoms with Gasteiger partial charge in [-0.15, -0.1) is 0 Å². The van der Waals surface area contributed by atoms with Gasteiger partial charge in [-0.2, -0.15) is 0 Å². The lowest BCUT2D eigenvalue weighted by Gasteiger charge is -2.26. The summed E-state index contributed by atoms with van der Waals surface area (Å²) in [5.41, 5.74) is 7.41. The number of rotatable bonds is 10. The third-order valence-electron chi connectivity index (χ3n) is 7.60. The van der Waals surface area contributed by atoms with Crippen molar-refractivity contribution in [1.29, 1.82) is 0 Å². The van der Waals surface area contributed by atoms with E-state index in [9.17, 15) is 4.79 Å². The van der Waals surface area contributed by atoms with Crippen molar-refractivity contribution in [1.82, 2.24) is 15.3 Å². The molecule has 6 heteroatoms. The van der Waals surface area contributed by atoms with E-state index >= 15 is 0 Å². The summed E-state index contributed by atoms with van der Waals surface area (Å²) in [5, 5.41) is 9.45. The van der Waals surface area contributed by atoms with Crippen LogP contribution in [-0.2, 0) is 19.3 Å². The van der Waals surface area contributed by atoms with Gasteiger partial charge in [-0.3, -0.25) is 9.78 Å². The fraction of sp³-hybridized carbons (Fsp3) is 0.517. The van der Waals surface area contributed by atoms with Crippen molar-refractivity contribution in [2.45, 2.75) is 83.1 Å². The van der Waals surface area contributed by atoms with E-state index in [1.54, 1.807) is 6.07 Å². The van der Waals surface area contributed by atoms with Gasteiger partial charge >= 0.3 is 0 Å². The molecule has 1 atom stereocenters. The van der Waals surface area contributed by atoms with Gasteiger partial charge in [0, 0.05) is 46.1 Å². The van der Waals surface area contributed by atoms with Gasteiger partial charge < -0.3 is 15.6 Å². The molecule has 2 aliphatic carbocycles. The average Bonchev–Trinajstić information content (AvgIpc) is 2.86. The number of pyridine rings is 2. The van der Waals surface area contributed by atoms with Gasteiger partial charge in [0.05, 0.1) is 5.52 Å². The Hall–Kier alpha value is -2.37. The van der Waals surface area contributed by atoms with Crippen molar-refractivity contribution in [3.8, 4) is 0 Å². The molecule has 0 aliphatic heterocycles. The van der Waals surface area contributed by atoms with Gasteiger partial charge in [0.15, 0.2) is 0 Å². The van der Waals surface area contributed by atoms with Gasteiger partial charge in [0.1, 0.15) is 0 Å². The number of aryl methyl sites for hydroxylation is 2. The van der Waals surface area contributed by atoms with Crippen molar-refractivity contribution >= 4 is 28.2 Å². The Balaban J connectivity index is 1.05. The highest BCUT2D eigenvalue weighted by Gasteiger charge is 2.20. The van der Waals surface area contributed by atoms with Crippen LogP contribution in [0.3, 0.4) is 0 Å². The van der Waals surface area contributed by atoms with Crippen LogP contribution in [0.25, 0.3) is 10.9 Å². The van der Waals surface area contributed by atoms with E-state index < -0.39 is 0 Å². The lowest BCUT2D eigenvalue weighted by atomic mass is 9.91. The molecule has 5 nitrogen and oxygen atoms in total. The molecule has 0 spiro atoms. The molecular weight excluding hydrogens is 456 g/mol. The Morgan fingerprint density at radius 1 is 0.943 bits per heavy atom. The molecule has 1 aromatic carbocycles. The molecule has 2 aromatic heterocycles. The predicted molar refractivity (Wildman–Crippen MR) is 146 cm³/mol. The van der Waals surface area contributed by atoms with Crippen molar-refractivity contribution in [3.63, 3.8) is 0 Å². The van der Waals surface area contributed by atoms with E-state index in [1.165, 1.54) is 72.8 Å². The molecule has 0 radical (unpaired) electrons. The molecule has 0 saturated heterocycles. The van der Waals surface area contributed by atoms with Crippen LogP contribution in [0.4, 0.5) is 5.69 Å². The van der Waals surface area contributed by atoms with Crippen molar-refractivity contribution in [3.05, 3.63) is 68.2 Å². The van der Waals surface area contributed by atoms with Gasteiger partial charge in [-0.1, -0.05) is 36.9 Å². The van der Waals surface area contributed by atoms with E-state index in [4.69, 9.17) is 16.6 Å². The average molecular weight is 493 g/mol. The van der Waals surface area contributed by atoms with E-state index in [-0.39, 0.29) is 5.56 Å². The SMILES string of the molecule is O=c1ccc2c([nH]1)CCC[C@H]2NCCCCCCCNc1c2c(nc3cc(Cl)ccc13)CCCC2. The molecule has 35 heavy (non-hydrogen) atoms. The fourth-order valence-electron chi connectivity index (χ4n) is 5.78. The first kappa shape index (κ1) is 24.3. The van der Waals surface area contributed by atoms with Crippen LogP contribution in [0.5, 0.6) is 0 Å². The number of nitrogens with zero attached hydrogens (tertiary/aromatic N) is 1. The van der Waals surface area contributed by atoms with Gasteiger partial charge in [0.25, 0.3) is 0 Å². The van der Waals surface area contributed by atoms with Crippen LogP contribution in [0, 0.1) is 0 Å². The van der Waals surface area contributed by atoms with Gasteiger partial charge in [-0.05, 0) is 93.7 Å². The molecule has 0 unspecified atom stereocenters. The number of benzene rings is 1. The molecule has 2 aliphatic rings. The van der Waals surface area contributed by atoms with Crippen LogP contribution < -0.4 is 16.2 Å². The highest BCUT2D eigenvalue weighted by Crippen LogP contribution is 2.34. The summed E-state index contributed by atoms with van der Waals surface area (Å²) < 4.78 is 0. The Labute approximate surface area is 213 Å². The molecule has 0 saturated carbocycles. The second-order valence-electron chi connectivity index (χ2n) is 10.1. The maximum atomic E-state index is 11.6. The quantitative estimate of drug-likeness (QED) is 0.283. The zero-order valence-corrected chi connectivity index (χ0v) is 21.4. The fourth-order valence-corrected chi connectivity index (χ4v) is 5.95. The number of unbranched alkanes of at least 4 members (excludes halogenated alkanes) is 4. The standard InChI is InChI=1S/C29H37ClN4O/c30-20-13-14-23-27(19-20)33-26-10-5-4-9-22(26)29(23)32-18-7-3-1-2-6-17-31-24-11-8-12-25-21(24)15-16-28(35)34-25/h13-16,19,24,31H,1-12,17-18H2,(H,32,33)(H,34,35)/t24-/m1/s1. The highest BCUT2D eigenvalue weighted by atomic mass is 35.5. The van der Waals surface area contributed by atoms with E-state index in [0.29, 0.717) is 6.04 Å². The second kappa shape index (κ2) is 11.6. The van der Waals surface area contributed by atoms with E-state index in [0.717, 1.165) is 61.4 Å². The van der Waals surface area contributed by atoms with Crippen LogP contribution in [0.2, 0.25) is 5.02 Å². The first-order valence-corrected chi connectivity index (χ1v) is 13.9. The number of nitrogens with one attached hydrogen (secondary N) is 3. The summed E-state index contributed by atoms with van der Waals surface area (Å²) in [6.45, 7) is 2.04. The lowest BCUT2D eigenvalue weighted by Crippen LogP contribution is -2.28. The summed E-state index contributed by atoms with van der Waals surface area (Å²) in [6.07, 6.45) is 14.1. The second-order valence-corrected chi connectivity index (χ2v) is 10.6. The third-order valence-corrected chi connectivity index (χ3v) is 7.84. The molecule has 0 amide bonds. The Morgan fingerprint density at radius 3 is 2.69 bits per heavy atom. The smallest absolute Gasteiger partial charge is 0.248 e. The summed E-state index contributed by atoms with van der Waals surface area (Å²) in [4.78, 5) is 19.5. The molecule has 0 bridgehead atoms. The zero-order chi connectivity index (χ0) is 24.0. The van der Waals surface area contributed by atoms with Crippen molar-refractivity contribution in [2.24, 2.45) is 0 Å². The highest BCUT2D eigenvalue weighted by molar-refractivity contribution is 6.31. The first-order valence-electron chi connectivity index (χ1n) is 13.5. The van der Waals surface area contributed by atoms with Gasteiger partial charge in [-0.25, -0.2) is 0 Å². The topological polar surface area (TPSA) is 69.8 Å². The number of fused-ring (bicyclic) bond motifs is 3. The molecule has 0 fully saturated rings. The Kier molecular flexibility index (Phi) is 8.05. The Morgan fingerprint density at radius 2 is 1.77 bits per heavy atom. The Bertz CT molecular complexity index is 1220. The molecule has 3 aromatic rings. The van der Waals surface area contributed by atoms with Crippen LogP contribution in [-0.4, -0.2) is 23.1 Å². The third kappa shape index (κ3) is 5.90. The molecule has 2 heterocycles. The molecular formula is C29H37ClN4O. The number of aromatic nitrogens is 2. The van der Waals surface area contributed by atoms with Gasteiger partial charge in [0.2, 0.25) is 5.56 Å². The number of aromatic amines is 1. The number of halogens is 1. The minimum atomic E-state index is 0.0142. The normalized spacial score (nSPS) is 17.2. The van der Waals surface area contributed by atoms with E-state index in [1.807, 2.05) is 18.2 Å². The number of H-pyrrole nitrogens is 1. The van der Waals surface area contributed by atoms with Crippen LogP contribution >= 0.6 is 11.6 Å². The van der Waals surface area contributed by atoms with Crippen molar-refractivity contribution in [2.75, 3.05) is 18.4 Å². The first-order chi connectivity index (χ1) is 17.2. The lowest BCUT2D eigenvalue weighted by molar-refractivity contribution is 0.443.